The quantitative estimate of drug-likeness (QED) is 0.610. The van der Waals surface area contributed by atoms with Crippen molar-refractivity contribution in [2.75, 3.05) is 6.54 Å². The van der Waals surface area contributed by atoms with E-state index >= 15 is 0 Å². The van der Waals surface area contributed by atoms with Gasteiger partial charge >= 0.3 is 5.97 Å². The lowest BCUT2D eigenvalue weighted by molar-refractivity contribution is -0.137. The first-order valence-electron chi connectivity index (χ1n) is 7.85. The molecule has 1 amide bonds. The molecule has 0 bridgehead atoms. The van der Waals surface area contributed by atoms with Gasteiger partial charge in [-0.2, -0.15) is 0 Å². The summed E-state index contributed by atoms with van der Waals surface area (Å²) < 4.78 is 5.19. The molecule has 0 aliphatic carbocycles. The molecular weight excluding hydrogens is 312 g/mol. The number of rotatable bonds is 9. The van der Waals surface area contributed by atoms with Gasteiger partial charge in [-0.05, 0) is 37.1 Å². The van der Waals surface area contributed by atoms with Crippen LogP contribution in [0, 0.1) is 0 Å². The number of unbranched alkanes of at least 4 members (excludes halogenated alkanes) is 3. The number of furan rings is 1. The number of carbonyl (C=O) groups is 2. The highest BCUT2D eigenvalue weighted by atomic mass is 16.4. The van der Waals surface area contributed by atoms with Crippen molar-refractivity contribution in [3.8, 4) is 11.5 Å². The maximum Gasteiger partial charge on any atom is 0.303 e. The van der Waals surface area contributed by atoms with E-state index in [9.17, 15) is 14.4 Å². The number of aromatic nitrogens is 1. The van der Waals surface area contributed by atoms with Gasteiger partial charge in [-0.15, -0.1) is 0 Å². The second-order valence-electron chi connectivity index (χ2n) is 5.41. The van der Waals surface area contributed by atoms with Gasteiger partial charge in [0, 0.05) is 13.0 Å². The summed E-state index contributed by atoms with van der Waals surface area (Å²) in [7, 11) is 0. The number of H-pyrrole nitrogens is 1. The van der Waals surface area contributed by atoms with Gasteiger partial charge in [-0.25, -0.2) is 0 Å². The molecule has 128 valence electrons. The van der Waals surface area contributed by atoms with Crippen LogP contribution in [0.15, 0.2) is 39.7 Å². The van der Waals surface area contributed by atoms with Crippen molar-refractivity contribution in [1.82, 2.24) is 10.3 Å². The molecule has 2 aromatic rings. The first-order valence-corrected chi connectivity index (χ1v) is 7.85. The van der Waals surface area contributed by atoms with Gasteiger partial charge in [0.05, 0.1) is 12.0 Å². The van der Waals surface area contributed by atoms with Crippen molar-refractivity contribution in [3.63, 3.8) is 0 Å². The molecule has 0 saturated heterocycles. The van der Waals surface area contributed by atoms with E-state index in [2.05, 4.69) is 10.3 Å². The summed E-state index contributed by atoms with van der Waals surface area (Å²) in [6.07, 6.45) is 4.70. The second kappa shape index (κ2) is 8.71. The zero-order chi connectivity index (χ0) is 17.4. The van der Waals surface area contributed by atoms with E-state index < -0.39 is 17.4 Å². The fraction of sp³-hybridized carbons (Fsp3) is 0.353. The van der Waals surface area contributed by atoms with Gasteiger partial charge in [0.1, 0.15) is 11.3 Å². The molecule has 0 spiro atoms. The fourth-order valence-electron chi connectivity index (χ4n) is 2.28. The molecule has 0 atom stereocenters. The molecule has 0 aromatic carbocycles. The number of carbonyl (C=O) groups excluding carboxylic acids is 1. The van der Waals surface area contributed by atoms with Crippen LogP contribution in [0.1, 0.15) is 42.5 Å². The summed E-state index contributed by atoms with van der Waals surface area (Å²) in [6, 6.07) is 6.53. The Morgan fingerprint density at radius 1 is 1.12 bits per heavy atom. The highest BCUT2D eigenvalue weighted by molar-refractivity contribution is 5.93. The summed E-state index contributed by atoms with van der Waals surface area (Å²) in [5, 5.41) is 11.2. The standard InChI is InChI=1S/C17H20N2O5/c20-15(21)7-3-1-2-4-10-18-16(22)12-8-9-13(19-17(12)23)14-6-5-11-24-14/h5-6,8-9,11H,1-4,7,10H2,(H,18,22)(H,19,23)(H,20,21). The molecular formula is C17H20N2O5. The molecule has 2 aromatic heterocycles. The number of aliphatic carboxylic acids is 1. The largest absolute Gasteiger partial charge is 0.481 e. The number of nitrogens with one attached hydrogen (secondary N) is 2. The summed E-state index contributed by atoms with van der Waals surface area (Å²) >= 11 is 0. The Kier molecular flexibility index (Phi) is 6.36. The van der Waals surface area contributed by atoms with Gasteiger partial charge in [-0.3, -0.25) is 14.4 Å². The third-order valence-corrected chi connectivity index (χ3v) is 3.54. The smallest absolute Gasteiger partial charge is 0.303 e. The Morgan fingerprint density at radius 3 is 2.58 bits per heavy atom. The Morgan fingerprint density at radius 2 is 1.92 bits per heavy atom. The van der Waals surface area contributed by atoms with Crippen LogP contribution in [0.2, 0.25) is 0 Å². The predicted octanol–water partition coefficient (Wildman–Crippen LogP) is 2.40. The van der Waals surface area contributed by atoms with E-state index in [1.165, 1.54) is 12.3 Å². The summed E-state index contributed by atoms with van der Waals surface area (Å²) in [4.78, 5) is 37.0. The Bertz CT molecular complexity index is 734. The Labute approximate surface area is 138 Å². The lowest BCUT2D eigenvalue weighted by Gasteiger charge is -2.05. The lowest BCUT2D eigenvalue weighted by atomic mass is 10.1. The van der Waals surface area contributed by atoms with Crippen LogP contribution in [0.3, 0.4) is 0 Å². The highest BCUT2D eigenvalue weighted by Gasteiger charge is 2.11. The summed E-state index contributed by atoms with van der Waals surface area (Å²) in [5.74, 6) is -0.686. The number of hydrogen-bond acceptors (Lipinski definition) is 4. The SMILES string of the molecule is O=C(O)CCCCCCNC(=O)c1ccc(-c2ccco2)[nH]c1=O. The molecule has 0 radical (unpaired) electrons. The molecule has 24 heavy (non-hydrogen) atoms. The maximum atomic E-state index is 12.0. The van der Waals surface area contributed by atoms with Crippen LogP contribution in [0.5, 0.6) is 0 Å². The zero-order valence-electron chi connectivity index (χ0n) is 13.2. The van der Waals surface area contributed by atoms with Crippen LogP contribution in [-0.4, -0.2) is 28.5 Å². The Balaban J connectivity index is 1.78. The van der Waals surface area contributed by atoms with Gasteiger partial charge in [0.15, 0.2) is 0 Å². The predicted molar refractivity (Wildman–Crippen MR) is 87.8 cm³/mol. The molecule has 2 rings (SSSR count). The van der Waals surface area contributed by atoms with E-state index in [1.54, 1.807) is 18.2 Å². The minimum atomic E-state index is -0.791. The van der Waals surface area contributed by atoms with Crippen LogP contribution in [0.4, 0.5) is 0 Å². The lowest BCUT2D eigenvalue weighted by Crippen LogP contribution is -2.30. The van der Waals surface area contributed by atoms with Crippen molar-refractivity contribution in [2.24, 2.45) is 0 Å². The van der Waals surface area contributed by atoms with Crippen LogP contribution < -0.4 is 10.9 Å². The van der Waals surface area contributed by atoms with E-state index in [0.717, 1.165) is 19.3 Å². The average molecular weight is 332 g/mol. The molecule has 3 N–H and O–H groups in total. The third kappa shape index (κ3) is 5.12. The van der Waals surface area contributed by atoms with E-state index in [4.69, 9.17) is 9.52 Å². The number of aromatic amines is 1. The molecule has 2 heterocycles. The number of amides is 1. The van der Waals surface area contributed by atoms with E-state index in [-0.39, 0.29) is 12.0 Å². The zero-order valence-corrected chi connectivity index (χ0v) is 13.2. The molecule has 0 aliphatic heterocycles. The molecule has 0 saturated carbocycles. The van der Waals surface area contributed by atoms with Gasteiger partial charge < -0.3 is 19.8 Å². The Hall–Kier alpha value is -2.83. The van der Waals surface area contributed by atoms with Gasteiger partial charge in [0.2, 0.25) is 0 Å². The van der Waals surface area contributed by atoms with E-state index in [0.29, 0.717) is 24.4 Å². The summed E-state index contributed by atoms with van der Waals surface area (Å²) in [5.41, 5.74) is 0.0963. The number of pyridine rings is 1. The second-order valence-corrected chi connectivity index (χ2v) is 5.41. The normalized spacial score (nSPS) is 10.5. The molecule has 0 fully saturated rings. The summed E-state index contributed by atoms with van der Waals surface area (Å²) in [6.45, 7) is 0.450. The topological polar surface area (TPSA) is 112 Å². The monoisotopic (exact) mass is 332 g/mol. The van der Waals surface area contributed by atoms with Crippen LogP contribution in [0.25, 0.3) is 11.5 Å². The number of hydrogen-bond donors (Lipinski definition) is 3. The average Bonchev–Trinajstić information content (AvgIpc) is 3.07. The van der Waals surface area contributed by atoms with Crippen molar-refractivity contribution >= 4 is 11.9 Å². The third-order valence-electron chi connectivity index (χ3n) is 3.54. The van der Waals surface area contributed by atoms with Gasteiger partial charge in [0.25, 0.3) is 11.5 Å². The molecule has 0 unspecified atom stereocenters. The number of carboxylic acids is 1. The molecule has 7 nitrogen and oxygen atoms in total. The molecule has 7 heteroatoms. The number of carboxylic acid groups (broad SMARTS) is 1. The first-order chi connectivity index (χ1) is 11.6. The van der Waals surface area contributed by atoms with Crippen molar-refractivity contribution in [2.45, 2.75) is 32.1 Å². The minimum Gasteiger partial charge on any atom is -0.481 e. The molecule has 0 aliphatic rings. The van der Waals surface area contributed by atoms with Crippen LogP contribution in [-0.2, 0) is 4.79 Å². The highest BCUT2D eigenvalue weighted by Crippen LogP contribution is 2.15. The van der Waals surface area contributed by atoms with E-state index in [1.807, 2.05) is 0 Å². The van der Waals surface area contributed by atoms with Crippen molar-refractivity contribution in [1.29, 1.82) is 0 Å². The van der Waals surface area contributed by atoms with Gasteiger partial charge in [-0.1, -0.05) is 12.8 Å². The first kappa shape index (κ1) is 17.5. The van der Waals surface area contributed by atoms with Crippen molar-refractivity contribution in [3.05, 3.63) is 46.4 Å². The minimum absolute atomic E-state index is 0.0520. The fourth-order valence-corrected chi connectivity index (χ4v) is 2.28. The van der Waals surface area contributed by atoms with Crippen LogP contribution >= 0.6 is 0 Å². The van der Waals surface area contributed by atoms with Crippen molar-refractivity contribution < 1.29 is 19.1 Å². The maximum absolute atomic E-state index is 12.0.